The first-order valence-electron chi connectivity index (χ1n) is 8.95. The molecule has 0 bridgehead atoms. The van der Waals surface area contributed by atoms with E-state index in [4.69, 9.17) is 14.2 Å². The number of ether oxygens (including phenoxy) is 3. The highest BCUT2D eigenvalue weighted by Crippen LogP contribution is 2.28. The van der Waals surface area contributed by atoms with Crippen LogP contribution in [0.4, 0.5) is 0 Å². The van der Waals surface area contributed by atoms with Gasteiger partial charge in [0, 0.05) is 26.2 Å². The van der Waals surface area contributed by atoms with Gasteiger partial charge in [-0.15, -0.1) is 0 Å². The molecule has 2 aromatic rings. The second-order valence-corrected chi connectivity index (χ2v) is 5.80. The van der Waals surface area contributed by atoms with E-state index in [2.05, 4.69) is 23.5 Å². The summed E-state index contributed by atoms with van der Waals surface area (Å²) in [7, 11) is 1.68. The van der Waals surface area contributed by atoms with Crippen molar-refractivity contribution in [2.75, 3.05) is 33.5 Å². The molecule has 0 aliphatic heterocycles. The lowest BCUT2D eigenvalue weighted by atomic mass is 10.1. The lowest BCUT2D eigenvalue weighted by molar-refractivity contribution is 0.144. The molecule has 2 aromatic carbocycles. The van der Waals surface area contributed by atoms with Crippen LogP contribution in [0.15, 0.2) is 48.5 Å². The Balaban J connectivity index is 1.78. The van der Waals surface area contributed by atoms with E-state index in [1.54, 1.807) is 7.11 Å². The second kappa shape index (κ2) is 11.5. The monoisotopic (exact) mass is 343 g/mol. The summed E-state index contributed by atoms with van der Waals surface area (Å²) in [5.41, 5.74) is 2.46. The van der Waals surface area contributed by atoms with Gasteiger partial charge in [0.15, 0.2) is 11.5 Å². The van der Waals surface area contributed by atoms with Crippen LogP contribution in [0.25, 0.3) is 0 Å². The molecule has 1 N–H and O–H groups in total. The Labute approximate surface area is 151 Å². The quantitative estimate of drug-likeness (QED) is 0.595. The molecule has 0 amide bonds. The van der Waals surface area contributed by atoms with Gasteiger partial charge in [-0.1, -0.05) is 36.4 Å². The predicted molar refractivity (Wildman–Crippen MR) is 101 cm³/mol. The molecule has 0 heterocycles. The number of methoxy groups -OCH3 is 1. The molecule has 136 valence electrons. The normalized spacial score (nSPS) is 10.6. The van der Waals surface area contributed by atoms with Crippen molar-refractivity contribution in [3.63, 3.8) is 0 Å². The van der Waals surface area contributed by atoms with Crippen LogP contribution in [0.5, 0.6) is 11.5 Å². The van der Waals surface area contributed by atoms with E-state index < -0.39 is 0 Å². The molecule has 0 aromatic heterocycles. The fourth-order valence-electron chi connectivity index (χ4n) is 2.54. The summed E-state index contributed by atoms with van der Waals surface area (Å²) in [6, 6.07) is 16.4. The van der Waals surface area contributed by atoms with Gasteiger partial charge in [0.05, 0.1) is 13.7 Å². The minimum atomic E-state index is 0.634. The van der Waals surface area contributed by atoms with Gasteiger partial charge in [-0.05, 0) is 43.1 Å². The molecule has 4 heteroatoms. The number of benzene rings is 2. The summed E-state index contributed by atoms with van der Waals surface area (Å²) in [6.07, 6.45) is 1.90. The van der Waals surface area contributed by atoms with Crippen LogP contribution >= 0.6 is 0 Å². The molecular formula is C21H29NO3. The lowest BCUT2D eigenvalue weighted by Gasteiger charge is -2.13. The minimum absolute atomic E-state index is 0.634. The lowest BCUT2D eigenvalue weighted by Crippen LogP contribution is -2.16. The van der Waals surface area contributed by atoms with Crippen molar-refractivity contribution in [2.45, 2.75) is 26.3 Å². The van der Waals surface area contributed by atoms with Gasteiger partial charge in [0.25, 0.3) is 0 Å². The molecule has 0 saturated carbocycles. The van der Waals surface area contributed by atoms with E-state index in [9.17, 15) is 0 Å². The Morgan fingerprint density at radius 2 is 1.76 bits per heavy atom. The smallest absolute Gasteiger partial charge is 0.161 e. The van der Waals surface area contributed by atoms with Crippen molar-refractivity contribution in [1.29, 1.82) is 0 Å². The van der Waals surface area contributed by atoms with Crippen LogP contribution < -0.4 is 14.8 Å². The average Bonchev–Trinajstić information content (AvgIpc) is 2.66. The molecule has 25 heavy (non-hydrogen) atoms. The van der Waals surface area contributed by atoms with Crippen molar-refractivity contribution < 1.29 is 14.2 Å². The van der Waals surface area contributed by atoms with E-state index in [-0.39, 0.29) is 0 Å². The zero-order chi connectivity index (χ0) is 17.7. The van der Waals surface area contributed by atoms with Crippen LogP contribution in [0.2, 0.25) is 0 Å². The summed E-state index contributed by atoms with van der Waals surface area (Å²) in [5.74, 6) is 1.57. The standard InChI is InChI=1S/C21H29NO3/c1-3-24-14-7-13-22-17-19-10-11-20(21(16-19)23-2)25-15-12-18-8-5-4-6-9-18/h4-6,8-11,16,22H,3,7,12-15,17H2,1-2H3. The average molecular weight is 343 g/mol. The molecule has 0 atom stereocenters. The Morgan fingerprint density at radius 3 is 2.52 bits per heavy atom. The van der Waals surface area contributed by atoms with Crippen molar-refractivity contribution in [3.8, 4) is 11.5 Å². The maximum absolute atomic E-state index is 5.89. The molecular weight excluding hydrogens is 314 g/mol. The maximum Gasteiger partial charge on any atom is 0.161 e. The van der Waals surface area contributed by atoms with E-state index in [0.29, 0.717) is 6.61 Å². The summed E-state index contributed by atoms with van der Waals surface area (Å²) in [5, 5.41) is 3.42. The van der Waals surface area contributed by atoms with E-state index in [1.165, 1.54) is 11.1 Å². The molecule has 4 nitrogen and oxygen atoms in total. The molecule has 0 spiro atoms. The van der Waals surface area contributed by atoms with Gasteiger partial charge in [-0.25, -0.2) is 0 Å². The largest absolute Gasteiger partial charge is 0.493 e. The number of hydrogen-bond acceptors (Lipinski definition) is 4. The summed E-state index contributed by atoms with van der Waals surface area (Å²) < 4.78 is 16.7. The summed E-state index contributed by atoms with van der Waals surface area (Å²) in [6.45, 7) is 5.99. The van der Waals surface area contributed by atoms with Crippen LogP contribution in [0.3, 0.4) is 0 Å². The molecule has 0 saturated heterocycles. The van der Waals surface area contributed by atoms with Crippen molar-refractivity contribution >= 4 is 0 Å². The third-order valence-electron chi connectivity index (χ3n) is 3.89. The van der Waals surface area contributed by atoms with E-state index in [0.717, 1.165) is 50.6 Å². The molecule has 0 fully saturated rings. The van der Waals surface area contributed by atoms with Gasteiger partial charge >= 0.3 is 0 Å². The Kier molecular flexibility index (Phi) is 8.87. The number of nitrogens with one attached hydrogen (secondary N) is 1. The van der Waals surface area contributed by atoms with Gasteiger partial charge in [0.2, 0.25) is 0 Å². The zero-order valence-electron chi connectivity index (χ0n) is 15.3. The third kappa shape index (κ3) is 7.16. The zero-order valence-corrected chi connectivity index (χ0v) is 15.3. The molecule has 0 aliphatic carbocycles. The maximum atomic E-state index is 5.89. The highest BCUT2D eigenvalue weighted by molar-refractivity contribution is 5.43. The Hall–Kier alpha value is -2.04. The van der Waals surface area contributed by atoms with Crippen molar-refractivity contribution in [1.82, 2.24) is 5.32 Å². The van der Waals surface area contributed by atoms with Crippen LogP contribution in [-0.4, -0.2) is 33.5 Å². The van der Waals surface area contributed by atoms with Gasteiger partial charge in [-0.3, -0.25) is 0 Å². The number of hydrogen-bond donors (Lipinski definition) is 1. The van der Waals surface area contributed by atoms with E-state index in [1.807, 2.05) is 37.3 Å². The highest BCUT2D eigenvalue weighted by Gasteiger charge is 2.06. The first kappa shape index (κ1) is 19.3. The fourth-order valence-corrected chi connectivity index (χ4v) is 2.54. The topological polar surface area (TPSA) is 39.7 Å². The second-order valence-electron chi connectivity index (χ2n) is 5.80. The predicted octanol–water partition coefficient (Wildman–Crippen LogP) is 3.83. The van der Waals surface area contributed by atoms with Crippen LogP contribution in [-0.2, 0) is 17.7 Å². The van der Waals surface area contributed by atoms with Crippen LogP contribution in [0, 0.1) is 0 Å². The highest BCUT2D eigenvalue weighted by atomic mass is 16.5. The Bertz CT molecular complexity index is 601. The fraction of sp³-hybridized carbons (Fsp3) is 0.429. The Morgan fingerprint density at radius 1 is 0.920 bits per heavy atom. The molecule has 0 unspecified atom stereocenters. The number of rotatable bonds is 12. The SMILES string of the molecule is CCOCCCNCc1ccc(OCCc2ccccc2)c(OC)c1. The third-order valence-corrected chi connectivity index (χ3v) is 3.89. The molecule has 0 aliphatic rings. The molecule has 0 radical (unpaired) electrons. The van der Waals surface area contributed by atoms with Gasteiger partial charge < -0.3 is 19.5 Å². The summed E-state index contributed by atoms with van der Waals surface area (Å²) >= 11 is 0. The minimum Gasteiger partial charge on any atom is -0.493 e. The van der Waals surface area contributed by atoms with E-state index >= 15 is 0 Å². The molecule has 2 rings (SSSR count). The van der Waals surface area contributed by atoms with Gasteiger partial charge in [-0.2, -0.15) is 0 Å². The van der Waals surface area contributed by atoms with Gasteiger partial charge in [0.1, 0.15) is 0 Å². The summed E-state index contributed by atoms with van der Waals surface area (Å²) in [4.78, 5) is 0. The van der Waals surface area contributed by atoms with Crippen molar-refractivity contribution in [3.05, 3.63) is 59.7 Å². The van der Waals surface area contributed by atoms with Crippen LogP contribution in [0.1, 0.15) is 24.5 Å². The van der Waals surface area contributed by atoms with Crippen molar-refractivity contribution in [2.24, 2.45) is 0 Å². The first-order chi connectivity index (χ1) is 12.3. The first-order valence-corrected chi connectivity index (χ1v) is 8.95.